The van der Waals surface area contributed by atoms with Gasteiger partial charge in [0.2, 0.25) is 0 Å². The highest BCUT2D eigenvalue weighted by Gasteiger charge is 2.36. The zero-order valence-corrected chi connectivity index (χ0v) is 9.30. The van der Waals surface area contributed by atoms with Gasteiger partial charge in [0.25, 0.3) is 0 Å². The maximum atomic E-state index is 5.57. The van der Waals surface area contributed by atoms with Gasteiger partial charge in [-0.25, -0.2) is 0 Å². The highest BCUT2D eigenvalue weighted by atomic mass is 16.5. The zero-order chi connectivity index (χ0) is 9.80. The fourth-order valence-electron chi connectivity index (χ4n) is 2.90. The molecule has 0 aromatic rings. The van der Waals surface area contributed by atoms with Crippen LogP contribution in [-0.4, -0.2) is 26.3 Å². The zero-order valence-electron chi connectivity index (χ0n) is 9.30. The standard InChI is InChI=1S/C12H23NO/c1-2-13-8-10-5-6-12(10)11-4-3-7-14-9-11/h10-13H,2-9H2,1H3. The third kappa shape index (κ3) is 2.29. The van der Waals surface area contributed by atoms with E-state index in [1.165, 1.54) is 32.2 Å². The predicted octanol–water partition coefficient (Wildman–Crippen LogP) is 2.05. The molecule has 0 aromatic carbocycles. The van der Waals surface area contributed by atoms with Crippen molar-refractivity contribution in [2.45, 2.75) is 32.6 Å². The fraction of sp³-hybridized carbons (Fsp3) is 1.00. The lowest BCUT2D eigenvalue weighted by atomic mass is 9.66. The summed E-state index contributed by atoms with van der Waals surface area (Å²) in [5, 5.41) is 3.48. The van der Waals surface area contributed by atoms with Gasteiger partial charge >= 0.3 is 0 Å². The van der Waals surface area contributed by atoms with Crippen LogP contribution >= 0.6 is 0 Å². The van der Waals surface area contributed by atoms with Crippen LogP contribution in [-0.2, 0) is 4.74 Å². The average Bonchev–Trinajstić information content (AvgIpc) is 2.18. The highest BCUT2D eigenvalue weighted by Crippen LogP contribution is 2.42. The Kier molecular flexibility index (Phi) is 3.82. The third-order valence-electron chi connectivity index (χ3n) is 3.93. The Hall–Kier alpha value is -0.0800. The number of nitrogens with one attached hydrogen (secondary N) is 1. The Morgan fingerprint density at radius 3 is 2.79 bits per heavy atom. The van der Waals surface area contributed by atoms with E-state index < -0.39 is 0 Å². The average molecular weight is 197 g/mol. The van der Waals surface area contributed by atoms with Gasteiger partial charge in [0.05, 0.1) is 0 Å². The van der Waals surface area contributed by atoms with Gasteiger partial charge in [-0.1, -0.05) is 6.92 Å². The molecule has 0 spiro atoms. The van der Waals surface area contributed by atoms with Gasteiger partial charge in [-0.05, 0) is 56.5 Å². The molecule has 1 aliphatic carbocycles. The molecule has 0 amide bonds. The van der Waals surface area contributed by atoms with Gasteiger partial charge in [0.15, 0.2) is 0 Å². The van der Waals surface area contributed by atoms with Crippen molar-refractivity contribution in [3.05, 3.63) is 0 Å². The quantitative estimate of drug-likeness (QED) is 0.745. The second kappa shape index (κ2) is 5.13. The Morgan fingerprint density at radius 1 is 1.29 bits per heavy atom. The highest BCUT2D eigenvalue weighted by molar-refractivity contribution is 4.87. The largest absolute Gasteiger partial charge is 0.381 e. The van der Waals surface area contributed by atoms with Crippen LogP contribution in [0.25, 0.3) is 0 Å². The van der Waals surface area contributed by atoms with E-state index in [0.29, 0.717) is 0 Å². The summed E-state index contributed by atoms with van der Waals surface area (Å²) in [6.07, 6.45) is 5.58. The van der Waals surface area contributed by atoms with Crippen molar-refractivity contribution in [2.75, 3.05) is 26.3 Å². The molecular weight excluding hydrogens is 174 g/mol. The first-order chi connectivity index (χ1) is 6.92. The van der Waals surface area contributed by atoms with Crippen molar-refractivity contribution >= 4 is 0 Å². The molecule has 0 bridgehead atoms. The molecule has 1 saturated carbocycles. The molecule has 2 fully saturated rings. The molecule has 0 radical (unpaired) electrons. The van der Waals surface area contributed by atoms with E-state index in [1.54, 1.807) is 0 Å². The Morgan fingerprint density at radius 2 is 2.21 bits per heavy atom. The minimum absolute atomic E-state index is 0.876. The van der Waals surface area contributed by atoms with E-state index in [1.807, 2.05) is 0 Å². The molecular formula is C12H23NO. The molecule has 3 atom stereocenters. The van der Waals surface area contributed by atoms with Crippen LogP contribution in [0.2, 0.25) is 0 Å². The summed E-state index contributed by atoms with van der Waals surface area (Å²) in [4.78, 5) is 0. The maximum Gasteiger partial charge on any atom is 0.0497 e. The molecule has 2 rings (SSSR count). The van der Waals surface area contributed by atoms with Crippen molar-refractivity contribution in [3.8, 4) is 0 Å². The Bertz CT molecular complexity index is 166. The van der Waals surface area contributed by atoms with Crippen LogP contribution in [0.15, 0.2) is 0 Å². The molecule has 2 nitrogen and oxygen atoms in total. The summed E-state index contributed by atoms with van der Waals surface area (Å²) in [6, 6.07) is 0. The number of hydrogen-bond donors (Lipinski definition) is 1. The first kappa shape index (κ1) is 10.4. The normalized spacial score (nSPS) is 37.9. The Balaban J connectivity index is 1.73. The van der Waals surface area contributed by atoms with Crippen LogP contribution in [0.5, 0.6) is 0 Å². The lowest BCUT2D eigenvalue weighted by molar-refractivity contribution is -0.0136. The third-order valence-corrected chi connectivity index (χ3v) is 3.93. The molecule has 1 N–H and O–H groups in total. The van der Waals surface area contributed by atoms with Crippen LogP contribution in [0.1, 0.15) is 32.6 Å². The maximum absolute atomic E-state index is 5.57. The van der Waals surface area contributed by atoms with E-state index in [2.05, 4.69) is 12.2 Å². The molecule has 1 heterocycles. The number of ether oxygens (including phenoxy) is 1. The van der Waals surface area contributed by atoms with E-state index in [0.717, 1.165) is 37.5 Å². The van der Waals surface area contributed by atoms with E-state index in [4.69, 9.17) is 4.74 Å². The second-order valence-corrected chi connectivity index (χ2v) is 4.79. The van der Waals surface area contributed by atoms with Gasteiger partial charge in [0.1, 0.15) is 0 Å². The van der Waals surface area contributed by atoms with Crippen LogP contribution in [0, 0.1) is 17.8 Å². The van der Waals surface area contributed by atoms with Gasteiger partial charge < -0.3 is 10.1 Å². The van der Waals surface area contributed by atoms with E-state index >= 15 is 0 Å². The summed E-state index contributed by atoms with van der Waals surface area (Å²) in [7, 11) is 0. The minimum Gasteiger partial charge on any atom is -0.381 e. The molecule has 3 unspecified atom stereocenters. The second-order valence-electron chi connectivity index (χ2n) is 4.79. The first-order valence-electron chi connectivity index (χ1n) is 6.20. The van der Waals surface area contributed by atoms with Crippen LogP contribution in [0.4, 0.5) is 0 Å². The molecule has 2 heteroatoms. The number of hydrogen-bond acceptors (Lipinski definition) is 2. The summed E-state index contributed by atoms with van der Waals surface area (Å²) >= 11 is 0. The van der Waals surface area contributed by atoms with Gasteiger partial charge in [0, 0.05) is 13.2 Å². The fourth-order valence-corrected chi connectivity index (χ4v) is 2.90. The van der Waals surface area contributed by atoms with E-state index in [-0.39, 0.29) is 0 Å². The first-order valence-corrected chi connectivity index (χ1v) is 6.20. The molecule has 0 aromatic heterocycles. The summed E-state index contributed by atoms with van der Waals surface area (Å²) in [6.45, 7) is 6.58. The topological polar surface area (TPSA) is 21.3 Å². The summed E-state index contributed by atoms with van der Waals surface area (Å²) < 4.78 is 5.57. The lowest BCUT2D eigenvalue weighted by Gasteiger charge is -2.43. The molecule has 14 heavy (non-hydrogen) atoms. The lowest BCUT2D eigenvalue weighted by Crippen LogP contribution is -2.41. The smallest absolute Gasteiger partial charge is 0.0497 e. The van der Waals surface area contributed by atoms with Crippen molar-refractivity contribution in [3.63, 3.8) is 0 Å². The van der Waals surface area contributed by atoms with Crippen molar-refractivity contribution in [1.82, 2.24) is 5.32 Å². The van der Waals surface area contributed by atoms with E-state index in [9.17, 15) is 0 Å². The molecule has 2 aliphatic rings. The predicted molar refractivity (Wildman–Crippen MR) is 58.3 cm³/mol. The SMILES string of the molecule is CCNCC1CCC1C1CCCOC1. The Labute approximate surface area is 87.4 Å². The molecule has 1 saturated heterocycles. The van der Waals surface area contributed by atoms with Crippen molar-refractivity contribution < 1.29 is 4.74 Å². The van der Waals surface area contributed by atoms with Gasteiger partial charge in [-0.15, -0.1) is 0 Å². The minimum atomic E-state index is 0.876. The van der Waals surface area contributed by atoms with Gasteiger partial charge in [-0.2, -0.15) is 0 Å². The van der Waals surface area contributed by atoms with Crippen LogP contribution < -0.4 is 5.32 Å². The summed E-state index contributed by atoms with van der Waals surface area (Å²) in [5.41, 5.74) is 0. The summed E-state index contributed by atoms with van der Waals surface area (Å²) in [5.74, 6) is 2.79. The van der Waals surface area contributed by atoms with Crippen molar-refractivity contribution in [2.24, 2.45) is 17.8 Å². The van der Waals surface area contributed by atoms with Crippen LogP contribution in [0.3, 0.4) is 0 Å². The monoisotopic (exact) mass is 197 g/mol. The van der Waals surface area contributed by atoms with Gasteiger partial charge in [-0.3, -0.25) is 0 Å². The van der Waals surface area contributed by atoms with Crippen molar-refractivity contribution in [1.29, 1.82) is 0 Å². The molecule has 82 valence electrons. The molecule has 1 aliphatic heterocycles. The number of rotatable bonds is 4.